The van der Waals surface area contributed by atoms with Crippen molar-refractivity contribution in [3.05, 3.63) is 45.5 Å². The number of fused-ring (bicyclic) bond motifs is 7. The Kier molecular flexibility index (Phi) is 2.30. The number of carbonyl (C=O) groups excluding carboxylic acids is 1. The lowest BCUT2D eigenvalue weighted by molar-refractivity contribution is -0.00485. The lowest BCUT2D eigenvalue weighted by Gasteiger charge is -2.12. The molecule has 2 atom stereocenters. The lowest BCUT2D eigenvalue weighted by Crippen LogP contribution is -2.14. The molecule has 116 valence electrons. The number of Topliss-reactive ketones (excluding diaryl/α,β-unsaturated/α-hetero) is 1. The number of ether oxygens (including phenoxy) is 3. The molecule has 6 nitrogen and oxygen atoms in total. The third-order valence-electron chi connectivity index (χ3n) is 4.72. The molecule has 5 rings (SSSR count). The zero-order chi connectivity index (χ0) is 15.7. The van der Waals surface area contributed by atoms with Crippen molar-refractivity contribution in [3.8, 4) is 11.5 Å². The summed E-state index contributed by atoms with van der Waals surface area (Å²) in [6.45, 7) is 0. The highest BCUT2D eigenvalue weighted by molar-refractivity contribution is 6.06. The molecule has 0 N–H and O–H groups in total. The fourth-order valence-corrected chi connectivity index (χ4v) is 3.72. The van der Waals surface area contributed by atoms with Crippen molar-refractivity contribution in [2.24, 2.45) is 0 Å². The molecule has 6 heteroatoms. The number of hydrogen-bond donors (Lipinski definition) is 0. The van der Waals surface area contributed by atoms with Gasteiger partial charge in [0.15, 0.2) is 5.78 Å². The van der Waals surface area contributed by atoms with Crippen LogP contribution in [0.15, 0.2) is 27.6 Å². The molecule has 2 aliphatic heterocycles. The van der Waals surface area contributed by atoms with Gasteiger partial charge in [0.2, 0.25) is 0 Å². The Morgan fingerprint density at radius 1 is 1.26 bits per heavy atom. The van der Waals surface area contributed by atoms with Crippen LogP contribution in [0, 0.1) is 0 Å². The van der Waals surface area contributed by atoms with Crippen LogP contribution in [0.4, 0.5) is 0 Å². The summed E-state index contributed by atoms with van der Waals surface area (Å²) in [5.74, 6) is 0.826. The molecule has 0 bridgehead atoms. The van der Waals surface area contributed by atoms with E-state index in [9.17, 15) is 9.59 Å². The van der Waals surface area contributed by atoms with Gasteiger partial charge in [0.25, 0.3) is 6.29 Å². The Balaban J connectivity index is 1.94. The van der Waals surface area contributed by atoms with Crippen LogP contribution in [0.1, 0.15) is 33.8 Å². The van der Waals surface area contributed by atoms with E-state index in [1.54, 1.807) is 19.4 Å². The first-order valence-corrected chi connectivity index (χ1v) is 7.41. The highest BCUT2D eigenvalue weighted by atomic mass is 16.9. The van der Waals surface area contributed by atoms with E-state index in [2.05, 4.69) is 0 Å². The molecular formula is C17H12O6. The summed E-state index contributed by atoms with van der Waals surface area (Å²) in [5, 5.41) is 0.691. The van der Waals surface area contributed by atoms with Gasteiger partial charge in [-0.15, -0.1) is 0 Å². The highest BCUT2D eigenvalue weighted by Gasteiger charge is 2.41. The van der Waals surface area contributed by atoms with Gasteiger partial charge in [0.05, 0.1) is 30.2 Å². The molecular weight excluding hydrogens is 317 g/mol. The van der Waals surface area contributed by atoms with Gasteiger partial charge in [-0.3, -0.25) is 4.79 Å². The molecule has 0 radical (unpaired) electrons. The second-order valence-electron chi connectivity index (χ2n) is 5.84. The van der Waals surface area contributed by atoms with Crippen LogP contribution in [0.5, 0.6) is 11.5 Å². The second-order valence-corrected chi connectivity index (χ2v) is 5.84. The van der Waals surface area contributed by atoms with Crippen LogP contribution >= 0.6 is 0 Å². The maximum atomic E-state index is 12.3. The number of benzene rings is 1. The molecule has 0 fully saturated rings. The largest absolute Gasteiger partial charge is 0.496 e. The van der Waals surface area contributed by atoms with Crippen molar-refractivity contribution in [2.75, 3.05) is 7.11 Å². The van der Waals surface area contributed by atoms with E-state index in [0.717, 1.165) is 5.56 Å². The number of hydrogen-bond acceptors (Lipinski definition) is 6. The van der Waals surface area contributed by atoms with Crippen LogP contribution in [0.2, 0.25) is 0 Å². The van der Waals surface area contributed by atoms with E-state index in [-0.39, 0.29) is 17.3 Å². The Hall–Kier alpha value is -2.76. The molecule has 3 heterocycles. The quantitative estimate of drug-likeness (QED) is 0.590. The fourth-order valence-electron chi connectivity index (χ4n) is 3.72. The number of rotatable bonds is 1. The van der Waals surface area contributed by atoms with Gasteiger partial charge in [-0.25, -0.2) is 4.79 Å². The SMILES string of the molecule is [13CH3]O[13c]1[13cH][13c]2[13c]([13c]3o[13c](=O)[13c]4[13c]([13c]13)[13CH2][13CH2][13C]4=O)[13C@@H]1[13CH]=[13CH]O[13C@@H]1O2. The minimum atomic E-state index is -0.586. The van der Waals surface area contributed by atoms with Gasteiger partial charge in [-0.2, -0.15) is 0 Å². The average molecular weight is 329 g/mol. The third kappa shape index (κ3) is 1.48. The Morgan fingerprint density at radius 3 is 2.96 bits per heavy atom. The van der Waals surface area contributed by atoms with Crippen LogP contribution in [-0.4, -0.2) is 19.2 Å². The van der Waals surface area contributed by atoms with Crippen molar-refractivity contribution in [1.82, 2.24) is 0 Å². The van der Waals surface area contributed by atoms with Gasteiger partial charge in [-0.1, -0.05) is 0 Å². The van der Waals surface area contributed by atoms with Crippen LogP contribution in [0.25, 0.3) is 11.0 Å². The molecule has 0 spiro atoms. The summed E-state index contributed by atoms with van der Waals surface area (Å²) >= 11 is 0. The highest BCUT2D eigenvalue weighted by Crippen LogP contribution is 2.50. The molecule has 1 aromatic heterocycles. The molecule has 0 amide bonds. The smallest absolute Gasteiger partial charge is 0.347 e. The molecule has 1 aromatic carbocycles. The van der Waals surface area contributed by atoms with Gasteiger partial charge < -0.3 is 18.6 Å². The summed E-state index contributed by atoms with van der Waals surface area (Å²) in [5.41, 5.74) is 1.49. The summed E-state index contributed by atoms with van der Waals surface area (Å²) < 4.78 is 22.2. The molecule has 0 unspecified atom stereocenters. The van der Waals surface area contributed by atoms with Crippen LogP contribution < -0.4 is 15.1 Å². The minimum absolute atomic E-state index is 0.128. The van der Waals surface area contributed by atoms with Crippen molar-refractivity contribution in [2.45, 2.75) is 25.0 Å². The van der Waals surface area contributed by atoms with Gasteiger partial charge in [-0.05, 0) is 18.1 Å². The standard InChI is InChI=1S/C17H12O6/c1-20-10-6-11-14(8-4-5-21-17(8)22-11)15-13(10)7-2-3-9(18)12(7)16(19)23-15/h4-6,8,17H,2-3H2,1H3/t8-,17+/m0/s1/i1+1,2+1,3+1,4+1,5+1,6+1,7+1,8+1,9+1,10+1,11+1,12+1,13+1,14+1,15+1,16+1,17+1. The summed E-state index contributed by atoms with van der Waals surface area (Å²) in [6.07, 6.45) is 3.86. The monoisotopic (exact) mass is 329 g/mol. The van der Waals surface area contributed by atoms with Gasteiger partial charge in [0, 0.05) is 12.5 Å². The predicted molar refractivity (Wildman–Crippen MR) is 79.1 cm³/mol. The van der Waals surface area contributed by atoms with Crippen molar-refractivity contribution >= 4 is 16.8 Å². The molecule has 1 aliphatic carbocycles. The zero-order valence-corrected chi connectivity index (χ0v) is 12.3. The Labute approximate surface area is 130 Å². The predicted octanol–water partition coefficient (Wildman–Crippen LogP) is 2.28. The van der Waals surface area contributed by atoms with Gasteiger partial charge in [0.1, 0.15) is 22.6 Å². The number of carbonyl (C=O) groups is 1. The molecule has 2 aromatic rings. The first-order valence-electron chi connectivity index (χ1n) is 7.41. The summed E-state index contributed by atoms with van der Waals surface area (Å²) in [4.78, 5) is 24.3. The van der Waals surface area contributed by atoms with E-state index in [0.29, 0.717) is 40.9 Å². The van der Waals surface area contributed by atoms with E-state index >= 15 is 0 Å². The fraction of sp³-hybridized carbons (Fsp3) is 0.294. The van der Waals surface area contributed by atoms with E-state index in [1.807, 2.05) is 6.08 Å². The maximum absolute atomic E-state index is 12.3. The summed E-state index contributed by atoms with van der Waals surface area (Å²) in [6, 6.07) is 1.77. The van der Waals surface area contributed by atoms with E-state index in [4.69, 9.17) is 18.6 Å². The Bertz CT molecular complexity index is 967. The first-order chi connectivity index (χ1) is 11.2. The molecule has 0 saturated heterocycles. The Morgan fingerprint density at radius 2 is 2.13 bits per heavy atom. The zero-order valence-electron chi connectivity index (χ0n) is 12.3. The summed E-state index contributed by atoms with van der Waals surface area (Å²) in [7, 11) is 1.54. The van der Waals surface area contributed by atoms with Crippen LogP contribution in [-0.2, 0) is 11.2 Å². The van der Waals surface area contributed by atoms with Crippen LogP contribution in [0.3, 0.4) is 0 Å². The lowest BCUT2D eigenvalue weighted by atomic mass is 10.9. The van der Waals surface area contributed by atoms with Crippen molar-refractivity contribution in [3.63, 3.8) is 0 Å². The topological polar surface area (TPSA) is 75.0 Å². The molecule has 3 aliphatic rings. The van der Waals surface area contributed by atoms with E-state index in [1.165, 1.54) is 0 Å². The normalized spacial score (nSPS) is 23.4. The molecule has 0 saturated carbocycles. The first kappa shape index (κ1) is 12.8. The third-order valence-corrected chi connectivity index (χ3v) is 4.72. The van der Waals surface area contributed by atoms with Gasteiger partial charge >= 0.3 is 5.63 Å². The maximum Gasteiger partial charge on any atom is 0.347 e. The second kappa shape index (κ2) is 4.16. The van der Waals surface area contributed by atoms with Crippen molar-refractivity contribution < 1.29 is 23.4 Å². The average Bonchev–Trinajstić information content (AvgIpc) is 3.20. The molecule has 23 heavy (non-hydrogen) atoms. The minimum Gasteiger partial charge on any atom is -0.496 e. The number of aryl methyl sites for hydroxylation is 1. The number of ketones is 1. The van der Waals surface area contributed by atoms with Crippen molar-refractivity contribution in [1.29, 1.82) is 0 Å². The van der Waals surface area contributed by atoms with E-state index < -0.39 is 11.9 Å². The number of methoxy groups -OCH3 is 1.